The lowest BCUT2D eigenvalue weighted by Crippen LogP contribution is -2.09. The van der Waals surface area contributed by atoms with Crippen LogP contribution in [0.25, 0.3) is 11.1 Å². The van der Waals surface area contributed by atoms with Crippen molar-refractivity contribution in [2.75, 3.05) is 6.61 Å². The molecule has 3 nitrogen and oxygen atoms in total. The van der Waals surface area contributed by atoms with Crippen molar-refractivity contribution in [1.82, 2.24) is 0 Å². The van der Waals surface area contributed by atoms with Crippen molar-refractivity contribution in [3.63, 3.8) is 0 Å². The summed E-state index contributed by atoms with van der Waals surface area (Å²) in [7, 11) is 0. The highest BCUT2D eigenvalue weighted by molar-refractivity contribution is 5.73. The van der Waals surface area contributed by atoms with Gasteiger partial charge in [-0.1, -0.05) is 68.4 Å². The van der Waals surface area contributed by atoms with E-state index in [0.717, 1.165) is 16.9 Å². The number of carbonyl (C=O) groups excluding carboxylic acids is 1. The first kappa shape index (κ1) is 19.7. The molecule has 0 radical (unpaired) electrons. The fourth-order valence-electron chi connectivity index (χ4n) is 2.88. The molecule has 0 heterocycles. The summed E-state index contributed by atoms with van der Waals surface area (Å²) in [6.07, 6.45) is 0.942. The quantitative estimate of drug-likeness (QED) is 0.266. The third kappa shape index (κ3) is 5.71. The molecule has 0 atom stereocenters. The Morgan fingerprint density at radius 2 is 1.39 bits per heavy atom. The first-order valence-corrected chi connectivity index (χ1v) is 9.71. The van der Waals surface area contributed by atoms with Crippen molar-refractivity contribution in [2.24, 2.45) is 0 Å². The number of ether oxygens (including phenoxy) is 2. The minimum absolute atomic E-state index is 0.244. The molecule has 0 amide bonds. The van der Waals surface area contributed by atoms with Gasteiger partial charge < -0.3 is 9.47 Å². The van der Waals surface area contributed by atoms with E-state index in [9.17, 15) is 4.79 Å². The van der Waals surface area contributed by atoms with Gasteiger partial charge in [-0.25, -0.2) is 0 Å². The minimum atomic E-state index is -0.244. The van der Waals surface area contributed by atoms with Gasteiger partial charge in [-0.05, 0) is 53.3 Å². The van der Waals surface area contributed by atoms with E-state index in [2.05, 4.69) is 38.1 Å². The molecular weight excluding hydrogens is 348 g/mol. The molecule has 0 unspecified atom stereocenters. The van der Waals surface area contributed by atoms with Crippen LogP contribution in [0.1, 0.15) is 38.2 Å². The lowest BCUT2D eigenvalue weighted by Gasteiger charge is -2.09. The van der Waals surface area contributed by atoms with Crippen LogP contribution in [0.5, 0.6) is 11.5 Å². The molecule has 3 rings (SSSR count). The van der Waals surface area contributed by atoms with E-state index in [0.29, 0.717) is 31.1 Å². The molecule has 0 saturated carbocycles. The predicted molar refractivity (Wildman–Crippen MR) is 113 cm³/mol. The van der Waals surface area contributed by atoms with E-state index in [-0.39, 0.29) is 5.97 Å². The van der Waals surface area contributed by atoms with Crippen molar-refractivity contribution in [1.29, 1.82) is 0 Å². The monoisotopic (exact) mass is 374 g/mol. The van der Waals surface area contributed by atoms with Crippen LogP contribution in [0, 0.1) is 0 Å². The van der Waals surface area contributed by atoms with E-state index in [1.54, 1.807) is 0 Å². The van der Waals surface area contributed by atoms with Gasteiger partial charge in [0.1, 0.15) is 11.5 Å². The summed E-state index contributed by atoms with van der Waals surface area (Å²) >= 11 is 0. The summed E-state index contributed by atoms with van der Waals surface area (Å²) < 4.78 is 11.1. The first-order chi connectivity index (χ1) is 13.6. The second-order valence-electron chi connectivity index (χ2n) is 7.04. The van der Waals surface area contributed by atoms with Gasteiger partial charge in [-0.2, -0.15) is 0 Å². The van der Waals surface area contributed by atoms with Gasteiger partial charge in [0.2, 0.25) is 0 Å². The number of benzene rings is 3. The Morgan fingerprint density at radius 1 is 0.786 bits per heavy atom. The zero-order valence-electron chi connectivity index (χ0n) is 16.4. The Balaban J connectivity index is 1.40. The Morgan fingerprint density at radius 3 is 2.04 bits per heavy atom. The highest BCUT2D eigenvalue weighted by Crippen LogP contribution is 2.22. The van der Waals surface area contributed by atoms with E-state index < -0.39 is 0 Å². The molecule has 0 bridgehead atoms. The van der Waals surface area contributed by atoms with Crippen LogP contribution >= 0.6 is 0 Å². The third-order valence-corrected chi connectivity index (χ3v) is 4.53. The third-order valence-electron chi connectivity index (χ3n) is 4.53. The van der Waals surface area contributed by atoms with Crippen LogP contribution in [0.15, 0.2) is 78.9 Å². The van der Waals surface area contributed by atoms with Gasteiger partial charge in [-0.3, -0.25) is 4.79 Å². The molecule has 3 aromatic rings. The summed E-state index contributed by atoms with van der Waals surface area (Å²) in [5.41, 5.74) is 3.52. The van der Waals surface area contributed by atoms with Gasteiger partial charge >= 0.3 is 5.97 Å². The smallest absolute Gasteiger partial charge is 0.311 e. The van der Waals surface area contributed by atoms with Crippen LogP contribution in [-0.4, -0.2) is 12.6 Å². The summed E-state index contributed by atoms with van der Waals surface area (Å²) in [5, 5.41) is 0. The molecule has 0 fully saturated rings. The van der Waals surface area contributed by atoms with Crippen molar-refractivity contribution in [3.05, 3.63) is 84.4 Å². The van der Waals surface area contributed by atoms with E-state index >= 15 is 0 Å². The van der Waals surface area contributed by atoms with E-state index in [1.807, 2.05) is 54.6 Å². The average Bonchev–Trinajstić information content (AvgIpc) is 2.73. The van der Waals surface area contributed by atoms with Gasteiger partial charge in [0.25, 0.3) is 0 Å². The lowest BCUT2D eigenvalue weighted by atomic mass is 10.0. The zero-order valence-corrected chi connectivity index (χ0v) is 16.4. The highest BCUT2D eigenvalue weighted by Gasteiger charge is 2.06. The van der Waals surface area contributed by atoms with Crippen LogP contribution in [0.3, 0.4) is 0 Å². The Hall–Kier alpha value is -3.07. The maximum absolute atomic E-state index is 12.0. The molecule has 0 aliphatic carbocycles. The SMILES string of the molecule is CC(C)c1ccc(OCCCC(=O)Oc2ccc(-c3ccccc3)cc2)cc1. The normalized spacial score (nSPS) is 10.7. The molecular formula is C25H26O3. The van der Waals surface area contributed by atoms with Crippen molar-refractivity contribution in [3.8, 4) is 22.6 Å². The molecule has 3 heteroatoms. The average molecular weight is 374 g/mol. The van der Waals surface area contributed by atoms with Crippen LogP contribution in [-0.2, 0) is 4.79 Å². The molecule has 0 N–H and O–H groups in total. The van der Waals surface area contributed by atoms with Gasteiger partial charge in [-0.15, -0.1) is 0 Å². The number of hydrogen-bond acceptors (Lipinski definition) is 3. The maximum Gasteiger partial charge on any atom is 0.311 e. The van der Waals surface area contributed by atoms with Crippen molar-refractivity contribution < 1.29 is 14.3 Å². The van der Waals surface area contributed by atoms with Crippen LogP contribution < -0.4 is 9.47 Å². The van der Waals surface area contributed by atoms with Gasteiger partial charge in [0.15, 0.2) is 0 Å². The largest absolute Gasteiger partial charge is 0.494 e. The molecule has 0 saturated heterocycles. The topological polar surface area (TPSA) is 35.5 Å². The number of carbonyl (C=O) groups is 1. The fraction of sp³-hybridized carbons (Fsp3) is 0.240. The summed E-state index contributed by atoms with van der Waals surface area (Å²) in [6, 6.07) is 25.8. The fourth-order valence-corrected chi connectivity index (χ4v) is 2.88. The summed E-state index contributed by atoms with van der Waals surface area (Å²) in [6.45, 7) is 4.82. The number of hydrogen-bond donors (Lipinski definition) is 0. The standard InChI is InChI=1S/C25H26O3/c1-19(2)20-10-14-23(15-11-20)27-18-6-9-25(26)28-24-16-12-22(13-17-24)21-7-4-3-5-8-21/h3-5,7-8,10-17,19H,6,9,18H2,1-2H3. The van der Waals surface area contributed by atoms with Crippen LogP contribution in [0.2, 0.25) is 0 Å². The van der Waals surface area contributed by atoms with Crippen molar-refractivity contribution in [2.45, 2.75) is 32.6 Å². The second kappa shape index (κ2) is 9.75. The zero-order chi connectivity index (χ0) is 19.8. The molecule has 28 heavy (non-hydrogen) atoms. The molecule has 0 aliphatic rings. The molecule has 3 aromatic carbocycles. The van der Waals surface area contributed by atoms with Gasteiger partial charge in [0, 0.05) is 6.42 Å². The molecule has 0 aliphatic heterocycles. The Kier molecular flexibility index (Phi) is 6.85. The summed E-state index contributed by atoms with van der Waals surface area (Å²) in [4.78, 5) is 12.0. The Labute approximate surface area is 166 Å². The number of rotatable bonds is 8. The Bertz CT molecular complexity index is 866. The predicted octanol–water partition coefficient (Wildman–Crippen LogP) is 6.24. The van der Waals surface area contributed by atoms with Crippen molar-refractivity contribution >= 4 is 5.97 Å². The lowest BCUT2D eigenvalue weighted by molar-refractivity contribution is -0.134. The van der Waals surface area contributed by atoms with Crippen LogP contribution in [0.4, 0.5) is 0 Å². The highest BCUT2D eigenvalue weighted by atomic mass is 16.5. The molecule has 0 aromatic heterocycles. The molecule has 0 spiro atoms. The minimum Gasteiger partial charge on any atom is -0.494 e. The van der Waals surface area contributed by atoms with Gasteiger partial charge in [0.05, 0.1) is 6.61 Å². The molecule has 144 valence electrons. The maximum atomic E-state index is 12.0. The first-order valence-electron chi connectivity index (χ1n) is 9.71. The summed E-state index contributed by atoms with van der Waals surface area (Å²) in [5.74, 6) is 1.65. The van der Waals surface area contributed by atoms with E-state index in [4.69, 9.17) is 9.47 Å². The number of esters is 1. The second-order valence-corrected chi connectivity index (χ2v) is 7.04. The van der Waals surface area contributed by atoms with E-state index in [1.165, 1.54) is 5.56 Å².